The molecule has 1 aromatic rings. The standard InChI is InChI=1S/C12H15NO4/c1-3-16-12(14)11(13-15-2)9-17-10-7-5-4-6-8-10/h4-9,13H,3H2,1-2H3/b11-9-. The summed E-state index contributed by atoms with van der Waals surface area (Å²) in [6.45, 7) is 2.01. The summed E-state index contributed by atoms with van der Waals surface area (Å²) in [6.07, 6.45) is 1.25. The van der Waals surface area contributed by atoms with E-state index in [9.17, 15) is 4.79 Å². The highest BCUT2D eigenvalue weighted by Gasteiger charge is 2.10. The quantitative estimate of drug-likeness (QED) is 0.352. The molecule has 0 saturated heterocycles. The number of ether oxygens (including phenoxy) is 2. The number of esters is 1. The third kappa shape index (κ3) is 4.56. The topological polar surface area (TPSA) is 56.8 Å². The Balaban J connectivity index is 2.67. The number of hydroxylamine groups is 1. The van der Waals surface area contributed by atoms with Crippen LogP contribution in [0.15, 0.2) is 42.3 Å². The maximum absolute atomic E-state index is 11.4. The first-order valence-electron chi connectivity index (χ1n) is 5.16. The second-order valence-electron chi connectivity index (χ2n) is 2.99. The van der Waals surface area contributed by atoms with Gasteiger partial charge in [-0.05, 0) is 19.1 Å². The van der Waals surface area contributed by atoms with Crippen LogP contribution >= 0.6 is 0 Å². The SMILES string of the molecule is CCOC(=O)/C(=C/Oc1ccccc1)NOC. The smallest absolute Gasteiger partial charge is 0.359 e. The number of hydrogen-bond donors (Lipinski definition) is 1. The van der Waals surface area contributed by atoms with Crippen LogP contribution in [-0.4, -0.2) is 19.7 Å². The van der Waals surface area contributed by atoms with E-state index in [2.05, 4.69) is 10.3 Å². The molecule has 0 bridgehead atoms. The summed E-state index contributed by atoms with van der Waals surface area (Å²) < 4.78 is 10.1. The number of carbonyl (C=O) groups is 1. The summed E-state index contributed by atoms with van der Waals surface area (Å²) in [7, 11) is 1.40. The third-order valence-electron chi connectivity index (χ3n) is 1.76. The maximum atomic E-state index is 11.4. The minimum absolute atomic E-state index is 0.0956. The van der Waals surface area contributed by atoms with Gasteiger partial charge in [-0.25, -0.2) is 4.79 Å². The van der Waals surface area contributed by atoms with E-state index in [4.69, 9.17) is 9.47 Å². The van der Waals surface area contributed by atoms with Gasteiger partial charge in [0.15, 0.2) is 5.70 Å². The van der Waals surface area contributed by atoms with E-state index >= 15 is 0 Å². The van der Waals surface area contributed by atoms with E-state index in [1.165, 1.54) is 13.4 Å². The molecule has 0 spiro atoms. The molecule has 17 heavy (non-hydrogen) atoms. The number of carbonyl (C=O) groups excluding carboxylic acids is 1. The Bertz CT molecular complexity index is 375. The highest BCUT2D eigenvalue weighted by Crippen LogP contribution is 2.09. The van der Waals surface area contributed by atoms with Gasteiger partial charge < -0.3 is 9.47 Å². The van der Waals surface area contributed by atoms with Crippen molar-refractivity contribution in [2.24, 2.45) is 0 Å². The Morgan fingerprint density at radius 3 is 2.65 bits per heavy atom. The molecular formula is C12H15NO4. The number of hydrogen-bond acceptors (Lipinski definition) is 5. The van der Waals surface area contributed by atoms with Gasteiger partial charge >= 0.3 is 5.97 Å². The highest BCUT2D eigenvalue weighted by atomic mass is 16.6. The van der Waals surface area contributed by atoms with Crippen LogP contribution < -0.4 is 10.2 Å². The van der Waals surface area contributed by atoms with Crippen LogP contribution in [0.1, 0.15) is 6.92 Å². The summed E-state index contributed by atoms with van der Waals surface area (Å²) in [5.74, 6) is 0.0810. The first-order valence-corrected chi connectivity index (χ1v) is 5.16. The van der Waals surface area contributed by atoms with E-state index in [0.29, 0.717) is 5.75 Å². The molecule has 0 atom stereocenters. The van der Waals surface area contributed by atoms with Gasteiger partial charge in [0, 0.05) is 0 Å². The fraction of sp³-hybridized carbons (Fsp3) is 0.250. The molecule has 0 aliphatic heterocycles. The van der Waals surface area contributed by atoms with E-state index in [0.717, 1.165) is 0 Å². The van der Waals surface area contributed by atoms with Gasteiger partial charge in [-0.15, -0.1) is 0 Å². The number of benzene rings is 1. The first kappa shape index (κ1) is 13.1. The minimum atomic E-state index is -0.537. The van der Waals surface area contributed by atoms with Crippen LogP contribution in [0.2, 0.25) is 0 Å². The Kier molecular flexibility index (Phi) is 5.60. The first-order chi connectivity index (χ1) is 8.27. The molecule has 5 heteroatoms. The summed E-state index contributed by atoms with van der Waals surface area (Å²) >= 11 is 0. The summed E-state index contributed by atoms with van der Waals surface area (Å²) in [6, 6.07) is 9.07. The average Bonchev–Trinajstić information content (AvgIpc) is 2.36. The Morgan fingerprint density at radius 1 is 1.35 bits per heavy atom. The van der Waals surface area contributed by atoms with Crippen LogP contribution in [0, 0.1) is 0 Å². The molecule has 0 unspecified atom stereocenters. The third-order valence-corrected chi connectivity index (χ3v) is 1.76. The second-order valence-corrected chi connectivity index (χ2v) is 2.99. The van der Waals surface area contributed by atoms with Crippen molar-refractivity contribution in [2.75, 3.05) is 13.7 Å². The van der Waals surface area contributed by atoms with E-state index in [-0.39, 0.29) is 12.3 Å². The molecule has 0 radical (unpaired) electrons. The van der Waals surface area contributed by atoms with Crippen molar-refractivity contribution in [3.63, 3.8) is 0 Å². The largest absolute Gasteiger partial charge is 0.462 e. The van der Waals surface area contributed by atoms with Gasteiger partial charge in [-0.3, -0.25) is 10.3 Å². The summed E-state index contributed by atoms with van der Waals surface area (Å²) in [4.78, 5) is 16.1. The molecule has 1 N–H and O–H groups in total. The highest BCUT2D eigenvalue weighted by molar-refractivity contribution is 5.87. The zero-order valence-corrected chi connectivity index (χ0v) is 9.80. The lowest BCUT2D eigenvalue weighted by molar-refractivity contribution is -0.140. The lowest BCUT2D eigenvalue weighted by Crippen LogP contribution is -2.22. The molecule has 0 saturated carbocycles. The number of rotatable bonds is 6. The number of nitrogens with one attached hydrogen (secondary N) is 1. The molecule has 92 valence electrons. The molecule has 5 nitrogen and oxygen atoms in total. The van der Waals surface area contributed by atoms with E-state index < -0.39 is 5.97 Å². The van der Waals surface area contributed by atoms with Crippen molar-refractivity contribution in [3.8, 4) is 5.75 Å². The molecule has 0 aromatic heterocycles. The van der Waals surface area contributed by atoms with Crippen LogP contribution in [0.4, 0.5) is 0 Å². The molecule has 0 aliphatic rings. The van der Waals surface area contributed by atoms with Crippen LogP contribution in [0.5, 0.6) is 5.75 Å². The van der Waals surface area contributed by atoms with Gasteiger partial charge in [0.2, 0.25) is 0 Å². The summed E-state index contributed by atoms with van der Waals surface area (Å²) in [5.41, 5.74) is 2.49. The molecule has 0 aliphatic carbocycles. The predicted molar refractivity (Wildman–Crippen MR) is 61.9 cm³/mol. The fourth-order valence-corrected chi connectivity index (χ4v) is 1.06. The zero-order chi connectivity index (χ0) is 12.5. The molecule has 0 amide bonds. The van der Waals surface area contributed by atoms with Crippen molar-refractivity contribution >= 4 is 5.97 Å². The van der Waals surface area contributed by atoms with Crippen molar-refractivity contribution in [2.45, 2.75) is 6.92 Å². The molecule has 1 rings (SSSR count). The van der Waals surface area contributed by atoms with Crippen LogP contribution in [0.3, 0.4) is 0 Å². The monoisotopic (exact) mass is 237 g/mol. The van der Waals surface area contributed by atoms with Gasteiger partial charge in [-0.2, -0.15) is 0 Å². The van der Waals surface area contributed by atoms with Crippen molar-refractivity contribution in [1.82, 2.24) is 5.48 Å². The molecule has 0 fully saturated rings. The normalized spacial score (nSPS) is 10.8. The molecule has 1 aromatic carbocycles. The zero-order valence-electron chi connectivity index (χ0n) is 9.80. The van der Waals surface area contributed by atoms with Gasteiger partial charge in [0.05, 0.1) is 13.7 Å². The minimum Gasteiger partial charge on any atom is -0.462 e. The summed E-state index contributed by atoms with van der Waals surface area (Å²) in [5, 5.41) is 0. The van der Waals surface area contributed by atoms with Crippen molar-refractivity contribution < 1.29 is 19.1 Å². The van der Waals surface area contributed by atoms with Crippen molar-refractivity contribution in [3.05, 3.63) is 42.3 Å². The lowest BCUT2D eigenvalue weighted by Gasteiger charge is -2.08. The van der Waals surface area contributed by atoms with Crippen LogP contribution in [-0.2, 0) is 14.4 Å². The molecular weight excluding hydrogens is 222 g/mol. The van der Waals surface area contributed by atoms with Crippen LogP contribution in [0.25, 0.3) is 0 Å². The average molecular weight is 237 g/mol. The van der Waals surface area contributed by atoms with Gasteiger partial charge in [0.1, 0.15) is 12.0 Å². The Hall–Kier alpha value is -2.01. The predicted octanol–water partition coefficient (Wildman–Crippen LogP) is 1.62. The fourth-order valence-electron chi connectivity index (χ4n) is 1.06. The van der Waals surface area contributed by atoms with Crippen molar-refractivity contribution in [1.29, 1.82) is 0 Å². The van der Waals surface area contributed by atoms with E-state index in [1.54, 1.807) is 19.1 Å². The van der Waals surface area contributed by atoms with E-state index in [1.807, 2.05) is 18.2 Å². The number of para-hydroxylation sites is 1. The van der Waals surface area contributed by atoms with Gasteiger partial charge in [0.25, 0.3) is 0 Å². The maximum Gasteiger partial charge on any atom is 0.359 e. The Morgan fingerprint density at radius 2 is 2.06 bits per heavy atom. The van der Waals surface area contributed by atoms with Gasteiger partial charge in [-0.1, -0.05) is 18.2 Å². The molecule has 0 heterocycles. The lowest BCUT2D eigenvalue weighted by atomic mass is 10.3. The Labute approximate surface area is 99.9 Å². The second kappa shape index (κ2) is 7.29.